The van der Waals surface area contributed by atoms with E-state index in [1.54, 1.807) is 24.7 Å². The summed E-state index contributed by atoms with van der Waals surface area (Å²) in [5.74, 6) is -0.748. The SMILES string of the molecule is NC(=O)c1cc(F)c(N[C@H](Cc2ccccc2)c2ncc[nH]2)nc1Nc1ccc2ncccc2c1. The van der Waals surface area contributed by atoms with Crippen molar-refractivity contribution in [3.63, 3.8) is 0 Å². The number of carbonyl (C=O) groups excluding carboxylic acids is 1. The molecule has 3 aromatic heterocycles. The molecule has 8 nitrogen and oxygen atoms in total. The van der Waals surface area contributed by atoms with Gasteiger partial charge in [0.1, 0.15) is 11.6 Å². The van der Waals surface area contributed by atoms with Crippen LogP contribution in [0, 0.1) is 5.82 Å². The number of carbonyl (C=O) groups is 1. The maximum absolute atomic E-state index is 15.1. The number of imidazole rings is 1. The fourth-order valence-corrected chi connectivity index (χ4v) is 3.86. The summed E-state index contributed by atoms with van der Waals surface area (Å²) in [5, 5.41) is 7.14. The van der Waals surface area contributed by atoms with Crippen LogP contribution in [0.4, 0.5) is 21.7 Å². The summed E-state index contributed by atoms with van der Waals surface area (Å²) in [6, 6.07) is 19.8. The highest BCUT2D eigenvalue weighted by atomic mass is 19.1. The summed E-state index contributed by atoms with van der Waals surface area (Å²) in [4.78, 5) is 28.2. The van der Waals surface area contributed by atoms with E-state index in [0.717, 1.165) is 22.5 Å². The number of hydrogen-bond donors (Lipinski definition) is 4. The van der Waals surface area contributed by atoms with Crippen LogP contribution in [0.15, 0.2) is 85.3 Å². The number of primary amides is 1. The highest BCUT2D eigenvalue weighted by molar-refractivity contribution is 5.99. The quantitative estimate of drug-likeness (QED) is 0.262. The lowest BCUT2D eigenvalue weighted by Gasteiger charge is -2.19. The van der Waals surface area contributed by atoms with Crippen LogP contribution in [-0.2, 0) is 6.42 Å². The standard InChI is InChI=1S/C26H22FN7O/c27-20-15-19(23(28)35)24(32-18-8-9-21-17(14-18)7-4-10-29-21)34-25(20)33-22(26-30-11-12-31-26)13-16-5-2-1-3-6-16/h1-12,14-15,22H,13H2,(H2,28,35)(H,30,31)(H2,32,33,34)/t22-/m1/s1. The second-order valence-electron chi connectivity index (χ2n) is 7.98. The Morgan fingerprint density at radius 1 is 1.00 bits per heavy atom. The van der Waals surface area contributed by atoms with Gasteiger partial charge in [0.25, 0.3) is 5.91 Å². The number of fused-ring (bicyclic) bond motifs is 1. The van der Waals surface area contributed by atoms with Gasteiger partial charge in [-0.05, 0) is 42.3 Å². The first kappa shape index (κ1) is 22.0. The zero-order chi connectivity index (χ0) is 24.2. The first-order valence-electron chi connectivity index (χ1n) is 11.0. The van der Waals surface area contributed by atoms with Crippen molar-refractivity contribution in [3.05, 3.63) is 108 Å². The number of nitrogens with two attached hydrogens (primary N) is 1. The molecule has 0 spiro atoms. The Morgan fingerprint density at radius 3 is 2.63 bits per heavy atom. The molecule has 0 aliphatic heterocycles. The van der Waals surface area contributed by atoms with Gasteiger partial charge in [-0.2, -0.15) is 0 Å². The molecule has 35 heavy (non-hydrogen) atoms. The molecule has 1 amide bonds. The van der Waals surface area contributed by atoms with Crippen LogP contribution in [0.2, 0.25) is 0 Å². The first-order chi connectivity index (χ1) is 17.1. The van der Waals surface area contributed by atoms with Crippen molar-refractivity contribution in [3.8, 4) is 0 Å². The third kappa shape index (κ3) is 4.93. The van der Waals surface area contributed by atoms with Gasteiger partial charge in [0, 0.05) is 29.7 Å². The van der Waals surface area contributed by atoms with Gasteiger partial charge in [0.15, 0.2) is 11.6 Å². The van der Waals surface area contributed by atoms with Crippen LogP contribution >= 0.6 is 0 Å². The van der Waals surface area contributed by atoms with Crippen LogP contribution in [0.5, 0.6) is 0 Å². The number of amides is 1. The predicted octanol–water partition coefficient (Wildman–Crippen LogP) is 4.73. The number of pyridine rings is 2. The van der Waals surface area contributed by atoms with Gasteiger partial charge in [0.2, 0.25) is 0 Å². The molecule has 2 aromatic carbocycles. The number of aromatic nitrogens is 4. The van der Waals surface area contributed by atoms with Crippen molar-refractivity contribution in [2.45, 2.75) is 12.5 Å². The summed E-state index contributed by atoms with van der Waals surface area (Å²) >= 11 is 0. The summed E-state index contributed by atoms with van der Waals surface area (Å²) in [5.41, 5.74) is 7.99. The Balaban J connectivity index is 1.49. The largest absolute Gasteiger partial charge is 0.365 e. The van der Waals surface area contributed by atoms with Crippen LogP contribution in [0.1, 0.15) is 27.8 Å². The molecule has 0 aliphatic carbocycles. The average Bonchev–Trinajstić information content (AvgIpc) is 3.41. The molecule has 0 aliphatic rings. The molecule has 174 valence electrons. The fraction of sp³-hybridized carbons (Fsp3) is 0.0769. The minimum Gasteiger partial charge on any atom is -0.365 e. The first-order valence-corrected chi connectivity index (χ1v) is 11.0. The summed E-state index contributed by atoms with van der Waals surface area (Å²) < 4.78 is 15.1. The lowest BCUT2D eigenvalue weighted by molar-refractivity contribution is 0.100. The average molecular weight is 468 g/mol. The van der Waals surface area contributed by atoms with Crippen LogP contribution < -0.4 is 16.4 Å². The number of H-pyrrole nitrogens is 1. The molecule has 1 atom stereocenters. The molecule has 0 saturated carbocycles. The van der Waals surface area contributed by atoms with E-state index in [2.05, 4.69) is 30.6 Å². The number of nitrogens with one attached hydrogen (secondary N) is 3. The zero-order valence-electron chi connectivity index (χ0n) is 18.6. The predicted molar refractivity (Wildman–Crippen MR) is 133 cm³/mol. The van der Waals surface area contributed by atoms with E-state index in [1.807, 2.05) is 54.6 Å². The molecule has 5 aromatic rings. The Labute approximate surface area is 200 Å². The van der Waals surface area contributed by atoms with E-state index in [4.69, 9.17) is 5.73 Å². The van der Waals surface area contributed by atoms with E-state index in [0.29, 0.717) is 17.9 Å². The van der Waals surface area contributed by atoms with Crippen molar-refractivity contribution in [1.29, 1.82) is 0 Å². The van der Waals surface area contributed by atoms with Gasteiger partial charge in [-0.25, -0.2) is 14.4 Å². The molecule has 0 radical (unpaired) electrons. The Bertz CT molecular complexity index is 1470. The van der Waals surface area contributed by atoms with Crippen molar-refractivity contribution in [1.82, 2.24) is 19.9 Å². The van der Waals surface area contributed by atoms with Gasteiger partial charge in [0.05, 0.1) is 17.1 Å². The molecule has 0 bridgehead atoms. The maximum Gasteiger partial charge on any atom is 0.252 e. The summed E-state index contributed by atoms with van der Waals surface area (Å²) in [6.45, 7) is 0. The lowest BCUT2D eigenvalue weighted by Crippen LogP contribution is -2.20. The molecule has 3 heterocycles. The minimum absolute atomic E-state index is 0.0303. The van der Waals surface area contributed by atoms with Crippen LogP contribution in [0.3, 0.4) is 0 Å². The Hall–Kier alpha value is -4.79. The van der Waals surface area contributed by atoms with Crippen LogP contribution in [0.25, 0.3) is 10.9 Å². The number of aromatic amines is 1. The van der Waals surface area contributed by atoms with Gasteiger partial charge in [-0.1, -0.05) is 36.4 Å². The molecular weight excluding hydrogens is 445 g/mol. The molecule has 5 N–H and O–H groups in total. The number of halogens is 1. The Kier molecular flexibility index (Phi) is 6.04. The number of nitrogens with zero attached hydrogens (tertiary/aromatic N) is 3. The topological polar surface area (TPSA) is 122 Å². The number of benzene rings is 2. The molecule has 9 heteroatoms. The fourth-order valence-electron chi connectivity index (χ4n) is 3.86. The van der Waals surface area contributed by atoms with Crippen molar-refractivity contribution in [2.24, 2.45) is 5.73 Å². The Morgan fingerprint density at radius 2 is 1.86 bits per heavy atom. The highest BCUT2D eigenvalue weighted by Crippen LogP contribution is 2.28. The zero-order valence-corrected chi connectivity index (χ0v) is 18.6. The third-order valence-electron chi connectivity index (χ3n) is 5.55. The second-order valence-corrected chi connectivity index (χ2v) is 7.98. The van der Waals surface area contributed by atoms with Crippen LogP contribution in [-0.4, -0.2) is 25.8 Å². The molecule has 0 unspecified atom stereocenters. The normalized spacial score (nSPS) is 11.8. The monoisotopic (exact) mass is 467 g/mol. The number of hydrogen-bond acceptors (Lipinski definition) is 6. The second kappa shape index (κ2) is 9.60. The third-order valence-corrected chi connectivity index (χ3v) is 5.55. The highest BCUT2D eigenvalue weighted by Gasteiger charge is 2.21. The van der Waals surface area contributed by atoms with Gasteiger partial charge in [-0.15, -0.1) is 0 Å². The van der Waals surface area contributed by atoms with E-state index in [1.165, 1.54) is 0 Å². The molecule has 0 fully saturated rings. The maximum atomic E-state index is 15.1. The summed E-state index contributed by atoms with van der Waals surface area (Å²) in [7, 11) is 0. The lowest BCUT2D eigenvalue weighted by atomic mass is 10.1. The van der Waals surface area contributed by atoms with E-state index in [-0.39, 0.29) is 17.2 Å². The smallest absolute Gasteiger partial charge is 0.252 e. The molecule has 5 rings (SSSR count). The van der Waals surface area contributed by atoms with E-state index < -0.39 is 17.8 Å². The van der Waals surface area contributed by atoms with Crippen molar-refractivity contribution in [2.75, 3.05) is 10.6 Å². The number of anilines is 3. The van der Waals surface area contributed by atoms with Gasteiger partial charge >= 0.3 is 0 Å². The van der Waals surface area contributed by atoms with E-state index in [9.17, 15) is 4.79 Å². The van der Waals surface area contributed by atoms with Crippen molar-refractivity contribution >= 4 is 34.1 Å². The summed E-state index contributed by atoms with van der Waals surface area (Å²) in [6.07, 6.45) is 5.59. The van der Waals surface area contributed by atoms with Gasteiger partial charge < -0.3 is 21.4 Å². The van der Waals surface area contributed by atoms with Gasteiger partial charge in [-0.3, -0.25) is 9.78 Å². The molecule has 0 saturated heterocycles. The molecular formula is C26H22FN7O. The van der Waals surface area contributed by atoms with E-state index >= 15 is 4.39 Å². The van der Waals surface area contributed by atoms with Crippen molar-refractivity contribution < 1.29 is 9.18 Å². The minimum atomic E-state index is -0.792. The number of rotatable bonds is 8.